The average Bonchev–Trinajstić information content (AvgIpc) is 2.89. The smallest absolute Gasteiger partial charge is 0.295 e. The van der Waals surface area contributed by atoms with Gasteiger partial charge in [-0.1, -0.05) is 6.92 Å². The summed E-state index contributed by atoms with van der Waals surface area (Å²) < 4.78 is 13.3. The molecule has 2 amide bonds. The summed E-state index contributed by atoms with van der Waals surface area (Å²) in [4.78, 5) is 26.8. The number of benzene rings is 1. The number of aryl methyl sites for hydroxylation is 1. The van der Waals surface area contributed by atoms with Crippen molar-refractivity contribution >= 4 is 17.5 Å². The maximum Gasteiger partial charge on any atom is 0.295 e. The number of nitrogens with two attached hydrogens (primary N) is 1. The van der Waals surface area contributed by atoms with Crippen molar-refractivity contribution in [2.75, 3.05) is 5.32 Å². The van der Waals surface area contributed by atoms with Gasteiger partial charge in [-0.2, -0.15) is 0 Å². The molecule has 0 aliphatic heterocycles. The second kappa shape index (κ2) is 5.47. The lowest BCUT2D eigenvalue weighted by Gasteiger charge is -2.05. The van der Waals surface area contributed by atoms with E-state index in [0.717, 1.165) is 12.1 Å². The normalized spacial score (nSPS) is 10.3. The predicted octanol–water partition coefficient (Wildman–Crippen LogP) is 0.857. The summed E-state index contributed by atoms with van der Waals surface area (Å²) in [7, 11) is 0. The first-order valence-electron chi connectivity index (χ1n) is 5.83. The molecule has 0 aliphatic rings. The maximum absolute atomic E-state index is 13.3. The molecule has 0 radical (unpaired) electrons. The number of H-pyrrole nitrogens is 1. The minimum atomic E-state index is -0.912. The van der Waals surface area contributed by atoms with Crippen molar-refractivity contribution in [3.8, 4) is 0 Å². The van der Waals surface area contributed by atoms with Crippen LogP contribution in [0.4, 0.5) is 10.1 Å². The molecule has 20 heavy (non-hydrogen) atoms. The Labute approximate surface area is 113 Å². The second-order valence-corrected chi connectivity index (χ2v) is 3.97. The SMILES string of the molecule is CCc1nc(C(=O)Nc2ccc(F)c(C(N)=O)c2)n[nH]1. The third kappa shape index (κ3) is 2.79. The summed E-state index contributed by atoms with van der Waals surface area (Å²) in [6.07, 6.45) is 0.614. The van der Waals surface area contributed by atoms with Crippen molar-refractivity contribution in [2.45, 2.75) is 13.3 Å². The molecule has 1 heterocycles. The molecule has 0 saturated heterocycles. The van der Waals surface area contributed by atoms with Crippen molar-refractivity contribution in [2.24, 2.45) is 5.73 Å². The van der Waals surface area contributed by atoms with Crippen LogP contribution in [-0.2, 0) is 6.42 Å². The van der Waals surface area contributed by atoms with E-state index in [9.17, 15) is 14.0 Å². The van der Waals surface area contributed by atoms with Crippen molar-refractivity contribution < 1.29 is 14.0 Å². The number of carbonyl (C=O) groups is 2. The summed E-state index contributed by atoms with van der Waals surface area (Å²) in [5.41, 5.74) is 4.96. The lowest BCUT2D eigenvalue weighted by atomic mass is 10.2. The summed E-state index contributed by atoms with van der Waals surface area (Å²) in [6, 6.07) is 3.52. The number of nitrogens with one attached hydrogen (secondary N) is 2. The van der Waals surface area contributed by atoms with Gasteiger partial charge in [0.15, 0.2) is 0 Å². The highest BCUT2D eigenvalue weighted by Crippen LogP contribution is 2.15. The van der Waals surface area contributed by atoms with Crippen LogP contribution >= 0.6 is 0 Å². The zero-order chi connectivity index (χ0) is 14.7. The molecule has 0 unspecified atom stereocenters. The molecule has 1 aromatic carbocycles. The van der Waals surface area contributed by atoms with Gasteiger partial charge in [-0.3, -0.25) is 14.7 Å². The van der Waals surface area contributed by atoms with Gasteiger partial charge in [0.2, 0.25) is 5.82 Å². The highest BCUT2D eigenvalue weighted by Gasteiger charge is 2.14. The third-order valence-corrected chi connectivity index (χ3v) is 2.56. The fourth-order valence-electron chi connectivity index (χ4n) is 1.53. The number of aromatic nitrogens is 3. The lowest BCUT2D eigenvalue weighted by molar-refractivity contribution is 0.0991. The molecule has 104 valence electrons. The van der Waals surface area contributed by atoms with E-state index in [1.54, 1.807) is 0 Å². The molecule has 1 aromatic heterocycles. The Kier molecular flexibility index (Phi) is 3.74. The lowest BCUT2D eigenvalue weighted by Crippen LogP contribution is -2.16. The first-order chi connectivity index (χ1) is 9.51. The van der Waals surface area contributed by atoms with Crippen LogP contribution in [0.15, 0.2) is 18.2 Å². The molecule has 0 aliphatic carbocycles. The highest BCUT2D eigenvalue weighted by atomic mass is 19.1. The Morgan fingerprint density at radius 3 is 2.80 bits per heavy atom. The van der Waals surface area contributed by atoms with Crippen molar-refractivity contribution in [1.82, 2.24) is 15.2 Å². The molecule has 4 N–H and O–H groups in total. The van der Waals surface area contributed by atoms with Gasteiger partial charge in [0.05, 0.1) is 5.56 Å². The molecule has 0 fully saturated rings. The van der Waals surface area contributed by atoms with E-state index in [1.165, 1.54) is 6.07 Å². The van der Waals surface area contributed by atoms with E-state index >= 15 is 0 Å². The Hall–Kier alpha value is -2.77. The van der Waals surface area contributed by atoms with Crippen LogP contribution in [0.5, 0.6) is 0 Å². The van der Waals surface area contributed by atoms with Gasteiger partial charge in [-0.15, -0.1) is 5.10 Å². The van der Waals surface area contributed by atoms with Crippen molar-refractivity contribution in [1.29, 1.82) is 0 Å². The number of rotatable bonds is 4. The second-order valence-electron chi connectivity index (χ2n) is 3.97. The Morgan fingerprint density at radius 1 is 1.45 bits per heavy atom. The van der Waals surface area contributed by atoms with Gasteiger partial charge in [-0.05, 0) is 18.2 Å². The zero-order valence-electron chi connectivity index (χ0n) is 10.6. The number of primary amides is 1. The van der Waals surface area contributed by atoms with Gasteiger partial charge in [-0.25, -0.2) is 9.37 Å². The molecule has 8 heteroatoms. The van der Waals surface area contributed by atoms with E-state index in [0.29, 0.717) is 12.2 Å². The van der Waals surface area contributed by atoms with Gasteiger partial charge in [0.25, 0.3) is 11.8 Å². The zero-order valence-corrected chi connectivity index (χ0v) is 10.6. The first kappa shape index (κ1) is 13.7. The molecule has 2 aromatic rings. The van der Waals surface area contributed by atoms with Crippen LogP contribution in [0.25, 0.3) is 0 Å². The Balaban J connectivity index is 2.19. The van der Waals surface area contributed by atoms with E-state index in [4.69, 9.17) is 5.73 Å². The van der Waals surface area contributed by atoms with Gasteiger partial charge in [0.1, 0.15) is 11.6 Å². The molecule has 0 atom stereocenters. The minimum Gasteiger partial charge on any atom is -0.366 e. The molecule has 0 bridgehead atoms. The summed E-state index contributed by atoms with van der Waals surface area (Å²) in [5, 5.41) is 8.81. The number of aromatic amines is 1. The standard InChI is InChI=1S/C12H12FN5O2/c1-2-9-16-11(18-17-9)12(20)15-6-3-4-8(13)7(5-6)10(14)19/h3-5H,2H2,1H3,(H2,14,19)(H,15,20)(H,16,17,18). The van der Waals surface area contributed by atoms with Gasteiger partial charge in [0, 0.05) is 12.1 Å². The van der Waals surface area contributed by atoms with Crippen LogP contribution in [0.2, 0.25) is 0 Å². The highest BCUT2D eigenvalue weighted by molar-refractivity contribution is 6.02. The summed E-state index contributed by atoms with van der Waals surface area (Å²) in [5.74, 6) is -1.69. The van der Waals surface area contributed by atoms with Gasteiger partial charge >= 0.3 is 0 Å². The topological polar surface area (TPSA) is 114 Å². The van der Waals surface area contributed by atoms with Crippen LogP contribution in [-0.4, -0.2) is 27.0 Å². The van der Waals surface area contributed by atoms with Crippen LogP contribution in [0, 0.1) is 5.82 Å². The average molecular weight is 277 g/mol. The van der Waals surface area contributed by atoms with E-state index < -0.39 is 17.6 Å². The molecule has 2 rings (SSSR count). The number of amides is 2. The van der Waals surface area contributed by atoms with Crippen LogP contribution in [0.3, 0.4) is 0 Å². The molecular weight excluding hydrogens is 265 g/mol. The number of hydrogen-bond donors (Lipinski definition) is 3. The first-order valence-corrected chi connectivity index (χ1v) is 5.83. The summed E-state index contributed by atoms with van der Waals surface area (Å²) >= 11 is 0. The van der Waals surface area contributed by atoms with Crippen molar-refractivity contribution in [3.63, 3.8) is 0 Å². The van der Waals surface area contributed by atoms with Crippen LogP contribution < -0.4 is 11.1 Å². The molecular formula is C12H12FN5O2. The number of anilines is 1. The van der Waals surface area contributed by atoms with Gasteiger partial charge < -0.3 is 11.1 Å². The third-order valence-electron chi connectivity index (χ3n) is 2.56. The molecule has 7 nitrogen and oxygen atoms in total. The largest absolute Gasteiger partial charge is 0.366 e. The number of nitrogens with zero attached hydrogens (tertiary/aromatic N) is 2. The molecule has 0 spiro atoms. The number of halogens is 1. The molecule has 0 saturated carbocycles. The van der Waals surface area contributed by atoms with E-state index in [1.807, 2.05) is 6.92 Å². The summed E-state index contributed by atoms with van der Waals surface area (Å²) in [6.45, 7) is 1.86. The quantitative estimate of drug-likeness (QED) is 0.768. The van der Waals surface area contributed by atoms with E-state index in [2.05, 4.69) is 20.5 Å². The van der Waals surface area contributed by atoms with Crippen LogP contribution in [0.1, 0.15) is 33.7 Å². The number of hydrogen-bond acceptors (Lipinski definition) is 4. The predicted molar refractivity (Wildman–Crippen MR) is 68.6 cm³/mol. The monoisotopic (exact) mass is 277 g/mol. The number of carbonyl (C=O) groups excluding carboxylic acids is 2. The Morgan fingerprint density at radius 2 is 2.20 bits per heavy atom. The fourth-order valence-corrected chi connectivity index (χ4v) is 1.53. The van der Waals surface area contributed by atoms with Crippen molar-refractivity contribution in [3.05, 3.63) is 41.2 Å². The fraction of sp³-hybridized carbons (Fsp3) is 0.167. The Bertz CT molecular complexity index is 668. The minimum absolute atomic E-state index is 0.0354. The maximum atomic E-state index is 13.3. The van der Waals surface area contributed by atoms with E-state index in [-0.39, 0.29) is 17.1 Å².